The molecule has 0 bridgehead atoms. The van der Waals surface area contributed by atoms with Crippen LogP contribution in [0.4, 0.5) is 9.39 Å². The molecule has 28 heavy (non-hydrogen) atoms. The molecule has 1 aromatic heterocycles. The van der Waals surface area contributed by atoms with E-state index in [0.717, 1.165) is 29.3 Å². The smallest absolute Gasteiger partial charge is 0.339 e. The summed E-state index contributed by atoms with van der Waals surface area (Å²) in [6, 6.07) is 3.94. The molecule has 150 valence electrons. The number of carboxylic acid groups (broad SMARTS) is 1. The van der Waals surface area contributed by atoms with Gasteiger partial charge in [0.05, 0.1) is 18.2 Å². The first-order valence-electron chi connectivity index (χ1n) is 9.14. The Morgan fingerprint density at radius 3 is 2.61 bits per heavy atom. The fourth-order valence-electron chi connectivity index (χ4n) is 3.62. The summed E-state index contributed by atoms with van der Waals surface area (Å²) in [5.41, 5.74) is 0.898. The van der Waals surface area contributed by atoms with Gasteiger partial charge < -0.3 is 15.2 Å². The number of carboxylic acids is 1. The zero-order chi connectivity index (χ0) is 20.6. The third-order valence-electron chi connectivity index (χ3n) is 5.35. The molecule has 2 N–H and O–H groups in total. The van der Waals surface area contributed by atoms with E-state index in [9.17, 15) is 19.1 Å². The van der Waals surface area contributed by atoms with Gasteiger partial charge in [0.2, 0.25) is 0 Å². The van der Waals surface area contributed by atoms with Crippen molar-refractivity contribution in [2.45, 2.75) is 40.0 Å². The van der Waals surface area contributed by atoms with Gasteiger partial charge in [-0.3, -0.25) is 4.79 Å². The van der Waals surface area contributed by atoms with E-state index in [1.807, 2.05) is 0 Å². The number of rotatable bonds is 4. The van der Waals surface area contributed by atoms with Gasteiger partial charge in [-0.2, -0.15) is 0 Å². The summed E-state index contributed by atoms with van der Waals surface area (Å²) in [6.45, 7) is 6.55. The summed E-state index contributed by atoms with van der Waals surface area (Å²) >= 11 is 1.29. The highest BCUT2D eigenvalue weighted by molar-refractivity contribution is 7.17. The van der Waals surface area contributed by atoms with Crippen molar-refractivity contribution in [1.29, 1.82) is 0 Å². The highest BCUT2D eigenvalue weighted by Crippen LogP contribution is 2.44. The van der Waals surface area contributed by atoms with Crippen molar-refractivity contribution in [2.24, 2.45) is 11.3 Å². The fourth-order valence-corrected chi connectivity index (χ4v) is 4.93. The van der Waals surface area contributed by atoms with E-state index in [2.05, 4.69) is 26.1 Å². The Hall–Kier alpha value is -2.41. The minimum Gasteiger partial charge on any atom is -0.497 e. The van der Waals surface area contributed by atoms with Crippen LogP contribution in [0.25, 0.3) is 0 Å². The Bertz CT molecular complexity index is 929. The van der Waals surface area contributed by atoms with Gasteiger partial charge >= 0.3 is 5.97 Å². The Morgan fingerprint density at radius 2 is 2.04 bits per heavy atom. The molecule has 1 aliphatic rings. The van der Waals surface area contributed by atoms with Crippen molar-refractivity contribution in [3.05, 3.63) is 45.6 Å². The van der Waals surface area contributed by atoms with E-state index >= 15 is 0 Å². The van der Waals surface area contributed by atoms with Crippen LogP contribution in [-0.2, 0) is 12.8 Å². The molecule has 0 radical (unpaired) electrons. The minimum absolute atomic E-state index is 0.126. The predicted octanol–water partition coefficient (Wildman–Crippen LogP) is 5.00. The molecule has 0 saturated carbocycles. The van der Waals surface area contributed by atoms with Crippen molar-refractivity contribution in [3.8, 4) is 5.75 Å². The topological polar surface area (TPSA) is 75.6 Å². The van der Waals surface area contributed by atoms with Crippen molar-refractivity contribution in [3.63, 3.8) is 0 Å². The van der Waals surface area contributed by atoms with Crippen LogP contribution in [-0.4, -0.2) is 24.1 Å². The van der Waals surface area contributed by atoms with E-state index in [1.54, 1.807) is 0 Å². The summed E-state index contributed by atoms with van der Waals surface area (Å²) in [5, 5.41) is 12.6. The van der Waals surface area contributed by atoms with Crippen LogP contribution in [0.3, 0.4) is 0 Å². The molecule has 3 rings (SSSR count). The number of methoxy groups -OCH3 is 1. The SMILES string of the molecule is COc1ccc(C(=O)Nc2sc3c(c2C(=O)O)CCC(C(C)(C)C)C3)c(F)c1. The maximum atomic E-state index is 14.2. The van der Waals surface area contributed by atoms with Crippen molar-refractivity contribution in [2.75, 3.05) is 12.4 Å². The fraction of sp³-hybridized carbons (Fsp3) is 0.429. The first-order valence-corrected chi connectivity index (χ1v) is 9.96. The van der Waals surface area contributed by atoms with E-state index in [1.165, 1.54) is 30.6 Å². The standard InChI is InChI=1S/C21H24FNO4S/c1-21(2,3)11-5-7-14-16(9-11)28-19(17(14)20(25)26)23-18(24)13-8-6-12(27-4)10-15(13)22/h6,8,10-11H,5,7,9H2,1-4H3,(H,23,24)(H,25,26). The molecule has 0 saturated heterocycles. The Labute approximate surface area is 167 Å². The van der Waals surface area contributed by atoms with E-state index in [-0.39, 0.29) is 21.5 Å². The zero-order valence-corrected chi connectivity index (χ0v) is 17.2. The summed E-state index contributed by atoms with van der Waals surface area (Å²) in [7, 11) is 1.41. The number of carbonyl (C=O) groups excluding carboxylic acids is 1. The number of hydrogen-bond acceptors (Lipinski definition) is 4. The lowest BCUT2D eigenvalue weighted by Gasteiger charge is -2.33. The Kier molecular flexibility index (Phi) is 5.48. The number of halogens is 1. The Morgan fingerprint density at radius 1 is 1.32 bits per heavy atom. The third-order valence-corrected chi connectivity index (χ3v) is 6.52. The van der Waals surface area contributed by atoms with Crippen LogP contribution >= 0.6 is 11.3 Å². The summed E-state index contributed by atoms with van der Waals surface area (Å²) in [6.07, 6.45) is 2.37. The van der Waals surface area contributed by atoms with E-state index in [0.29, 0.717) is 18.1 Å². The molecule has 1 aliphatic carbocycles. The van der Waals surface area contributed by atoms with Crippen LogP contribution in [0.5, 0.6) is 5.75 Å². The van der Waals surface area contributed by atoms with Crippen LogP contribution < -0.4 is 10.1 Å². The number of nitrogens with one attached hydrogen (secondary N) is 1. The summed E-state index contributed by atoms with van der Waals surface area (Å²) in [4.78, 5) is 25.4. The average Bonchev–Trinajstić information content (AvgIpc) is 2.97. The zero-order valence-electron chi connectivity index (χ0n) is 16.4. The number of amides is 1. The number of thiophene rings is 1. The molecule has 1 atom stereocenters. The number of hydrogen-bond donors (Lipinski definition) is 2. The van der Waals surface area contributed by atoms with Gasteiger partial charge in [-0.15, -0.1) is 11.3 Å². The third kappa shape index (κ3) is 3.90. The molecule has 5 nitrogen and oxygen atoms in total. The maximum Gasteiger partial charge on any atom is 0.339 e. The molecule has 1 amide bonds. The van der Waals surface area contributed by atoms with Gasteiger partial charge in [-0.05, 0) is 48.3 Å². The molecule has 1 heterocycles. The van der Waals surface area contributed by atoms with Crippen molar-refractivity contribution < 1.29 is 23.8 Å². The number of carbonyl (C=O) groups is 2. The van der Waals surface area contributed by atoms with Gasteiger partial charge in [-0.25, -0.2) is 9.18 Å². The van der Waals surface area contributed by atoms with Crippen LogP contribution in [0.1, 0.15) is 58.3 Å². The first-order chi connectivity index (χ1) is 13.1. The highest BCUT2D eigenvalue weighted by Gasteiger charge is 2.34. The number of fused-ring (bicyclic) bond motifs is 1. The number of aromatic carboxylic acids is 1. The molecule has 7 heteroatoms. The lowest BCUT2D eigenvalue weighted by Crippen LogP contribution is -2.26. The Balaban J connectivity index is 1.92. The van der Waals surface area contributed by atoms with Crippen molar-refractivity contribution in [1.82, 2.24) is 0 Å². The normalized spacial score (nSPS) is 16.4. The largest absolute Gasteiger partial charge is 0.497 e. The lowest BCUT2D eigenvalue weighted by molar-refractivity contribution is 0.0696. The molecule has 0 spiro atoms. The molecule has 0 aliphatic heterocycles. The highest BCUT2D eigenvalue weighted by atomic mass is 32.1. The van der Waals surface area contributed by atoms with Gasteiger partial charge in [0.1, 0.15) is 16.6 Å². The second-order valence-electron chi connectivity index (χ2n) is 8.12. The molecule has 0 fully saturated rings. The minimum atomic E-state index is -1.07. The molecule has 1 unspecified atom stereocenters. The number of benzene rings is 1. The molecule has 1 aromatic carbocycles. The van der Waals surface area contributed by atoms with Gasteiger partial charge in [0.25, 0.3) is 5.91 Å². The van der Waals surface area contributed by atoms with Crippen LogP contribution in [0, 0.1) is 17.2 Å². The maximum absolute atomic E-state index is 14.2. The summed E-state index contributed by atoms with van der Waals surface area (Å²) in [5.74, 6) is -1.71. The summed E-state index contributed by atoms with van der Waals surface area (Å²) < 4.78 is 19.1. The molecular formula is C21H24FNO4S. The monoisotopic (exact) mass is 405 g/mol. The number of anilines is 1. The number of ether oxygens (including phenoxy) is 1. The quantitative estimate of drug-likeness (QED) is 0.751. The van der Waals surface area contributed by atoms with Gasteiger partial charge in [-0.1, -0.05) is 20.8 Å². The van der Waals surface area contributed by atoms with Crippen molar-refractivity contribution >= 4 is 28.2 Å². The van der Waals surface area contributed by atoms with Gasteiger partial charge in [0, 0.05) is 10.9 Å². The second kappa shape index (κ2) is 7.54. The van der Waals surface area contributed by atoms with Crippen LogP contribution in [0.2, 0.25) is 0 Å². The molecular weight excluding hydrogens is 381 g/mol. The van der Waals surface area contributed by atoms with E-state index < -0.39 is 17.7 Å². The van der Waals surface area contributed by atoms with E-state index in [4.69, 9.17) is 4.74 Å². The van der Waals surface area contributed by atoms with Crippen LogP contribution in [0.15, 0.2) is 18.2 Å². The van der Waals surface area contributed by atoms with Gasteiger partial charge in [0.15, 0.2) is 0 Å². The molecule has 2 aromatic rings. The lowest BCUT2D eigenvalue weighted by atomic mass is 9.72. The first kappa shape index (κ1) is 20.3. The average molecular weight is 405 g/mol. The predicted molar refractivity (Wildman–Crippen MR) is 107 cm³/mol. The second-order valence-corrected chi connectivity index (χ2v) is 9.22.